The van der Waals surface area contributed by atoms with Crippen molar-refractivity contribution < 1.29 is 9.47 Å². The molecule has 0 aliphatic rings. The SMILES string of the molecule is COCCOc1cc(NCCCN(C)C)nc(CC(C)C)n1. The Kier molecular flexibility index (Phi) is 8.77. The first-order valence-corrected chi connectivity index (χ1v) is 7.89. The molecule has 6 heteroatoms. The molecule has 0 atom stereocenters. The first kappa shape index (κ1) is 18.6. The van der Waals surface area contributed by atoms with Crippen LogP contribution in [0.25, 0.3) is 0 Å². The number of ether oxygens (including phenoxy) is 2. The van der Waals surface area contributed by atoms with Crippen molar-refractivity contribution in [1.29, 1.82) is 0 Å². The van der Waals surface area contributed by atoms with Gasteiger partial charge >= 0.3 is 0 Å². The molecule has 6 nitrogen and oxygen atoms in total. The number of rotatable bonds is 11. The Hall–Kier alpha value is -1.40. The van der Waals surface area contributed by atoms with E-state index in [-0.39, 0.29) is 0 Å². The van der Waals surface area contributed by atoms with E-state index in [1.165, 1.54) is 0 Å². The van der Waals surface area contributed by atoms with Crippen molar-refractivity contribution in [2.45, 2.75) is 26.7 Å². The summed E-state index contributed by atoms with van der Waals surface area (Å²) < 4.78 is 10.6. The number of hydrogen-bond donors (Lipinski definition) is 1. The van der Waals surface area contributed by atoms with Crippen LogP contribution in [0.4, 0.5) is 5.82 Å². The van der Waals surface area contributed by atoms with Crippen LogP contribution in [-0.4, -0.2) is 62.4 Å². The Bertz CT molecular complexity index is 425. The highest BCUT2D eigenvalue weighted by Crippen LogP contribution is 2.16. The molecule has 0 fully saturated rings. The zero-order valence-corrected chi connectivity index (χ0v) is 14.6. The highest BCUT2D eigenvalue weighted by molar-refractivity contribution is 5.38. The lowest BCUT2D eigenvalue weighted by atomic mass is 10.1. The summed E-state index contributed by atoms with van der Waals surface area (Å²) in [5.74, 6) is 2.77. The maximum absolute atomic E-state index is 5.63. The van der Waals surface area contributed by atoms with Gasteiger partial charge in [-0.2, -0.15) is 4.98 Å². The summed E-state index contributed by atoms with van der Waals surface area (Å²) >= 11 is 0. The van der Waals surface area contributed by atoms with E-state index in [1.54, 1.807) is 7.11 Å². The zero-order valence-electron chi connectivity index (χ0n) is 14.6. The maximum atomic E-state index is 5.63. The van der Waals surface area contributed by atoms with E-state index in [0.717, 1.165) is 37.6 Å². The molecule has 0 aliphatic carbocycles. The fourth-order valence-corrected chi connectivity index (χ4v) is 1.93. The van der Waals surface area contributed by atoms with Crippen LogP contribution in [0.15, 0.2) is 6.07 Å². The Balaban J connectivity index is 2.65. The predicted molar refractivity (Wildman–Crippen MR) is 89.6 cm³/mol. The molecule has 1 N–H and O–H groups in total. The Morgan fingerprint density at radius 1 is 1.23 bits per heavy atom. The summed E-state index contributed by atoms with van der Waals surface area (Å²) in [6, 6.07) is 1.86. The molecule has 0 saturated carbocycles. The molecular weight excluding hydrogens is 280 g/mol. The molecule has 0 aliphatic heterocycles. The average molecular weight is 310 g/mol. The molecule has 126 valence electrons. The Morgan fingerprint density at radius 3 is 2.64 bits per heavy atom. The first-order valence-electron chi connectivity index (χ1n) is 7.89. The molecule has 0 bridgehead atoms. The minimum Gasteiger partial charge on any atom is -0.475 e. The van der Waals surface area contributed by atoms with Crippen molar-refractivity contribution in [3.05, 3.63) is 11.9 Å². The second-order valence-electron chi connectivity index (χ2n) is 6.03. The van der Waals surface area contributed by atoms with E-state index < -0.39 is 0 Å². The van der Waals surface area contributed by atoms with Gasteiger partial charge in [0, 0.05) is 26.1 Å². The number of aromatic nitrogens is 2. The van der Waals surface area contributed by atoms with Gasteiger partial charge in [-0.1, -0.05) is 13.8 Å². The van der Waals surface area contributed by atoms with E-state index in [2.05, 4.69) is 48.1 Å². The Morgan fingerprint density at radius 2 is 2.00 bits per heavy atom. The minimum atomic E-state index is 0.495. The third-order valence-electron chi connectivity index (χ3n) is 2.97. The monoisotopic (exact) mass is 310 g/mol. The normalized spacial score (nSPS) is 11.2. The molecule has 0 spiro atoms. The van der Waals surface area contributed by atoms with Gasteiger partial charge < -0.3 is 19.7 Å². The standard InChI is InChI=1S/C16H30N4O2/c1-13(2)11-15-18-14(17-7-6-8-20(3)4)12-16(19-15)22-10-9-21-5/h12-13H,6-11H2,1-5H3,(H,17,18,19). The summed E-state index contributed by atoms with van der Waals surface area (Å²) in [4.78, 5) is 11.2. The summed E-state index contributed by atoms with van der Waals surface area (Å²) in [6.45, 7) is 7.30. The van der Waals surface area contributed by atoms with E-state index in [9.17, 15) is 0 Å². The van der Waals surface area contributed by atoms with E-state index >= 15 is 0 Å². The summed E-state index contributed by atoms with van der Waals surface area (Å²) in [7, 11) is 5.81. The van der Waals surface area contributed by atoms with Crippen molar-refractivity contribution in [1.82, 2.24) is 14.9 Å². The second kappa shape index (κ2) is 10.3. The molecule has 1 heterocycles. The van der Waals surface area contributed by atoms with Gasteiger partial charge in [0.25, 0.3) is 0 Å². The fraction of sp³-hybridized carbons (Fsp3) is 0.750. The number of nitrogens with zero attached hydrogens (tertiary/aromatic N) is 3. The van der Waals surface area contributed by atoms with Crippen LogP contribution in [0.3, 0.4) is 0 Å². The topological polar surface area (TPSA) is 59.5 Å². The lowest BCUT2D eigenvalue weighted by Crippen LogP contribution is -2.17. The van der Waals surface area contributed by atoms with Crippen LogP contribution in [0.5, 0.6) is 5.88 Å². The minimum absolute atomic E-state index is 0.495. The number of methoxy groups -OCH3 is 1. The average Bonchev–Trinajstić information content (AvgIpc) is 2.43. The molecule has 0 unspecified atom stereocenters. The number of nitrogens with one attached hydrogen (secondary N) is 1. The van der Waals surface area contributed by atoms with Crippen LogP contribution in [0, 0.1) is 5.92 Å². The second-order valence-corrected chi connectivity index (χ2v) is 6.03. The molecule has 1 aromatic heterocycles. The molecule has 0 saturated heterocycles. The van der Waals surface area contributed by atoms with Gasteiger partial charge in [0.2, 0.25) is 5.88 Å². The first-order chi connectivity index (χ1) is 10.5. The maximum Gasteiger partial charge on any atom is 0.218 e. The van der Waals surface area contributed by atoms with Gasteiger partial charge in [-0.3, -0.25) is 0 Å². The van der Waals surface area contributed by atoms with Crippen LogP contribution in [0.1, 0.15) is 26.1 Å². The Labute approximate surface area is 134 Å². The van der Waals surface area contributed by atoms with Crippen molar-refractivity contribution >= 4 is 5.82 Å². The molecule has 0 radical (unpaired) electrons. The van der Waals surface area contributed by atoms with Crippen molar-refractivity contribution in [3.63, 3.8) is 0 Å². The van der Waals surface area contributed by atoms with Gasteiger partial charge in [-0.15, -0.1) is 0 Å². The molecule has 0 amide bonds. The summed E-state index contributed by atoms with van der Waals surface area (Å²) in [5.41, 5.74) is 0. The fourth-order valence-electron chi connectivity index (χ4n) is 1.93. The van der Waals surface area contributed by atoms with Crippen molar-refractivity contribution in [2.24, 2.45) is 5.92 Å². The van der Waals surface area contributed by atoms with E-state index in [4.69, 9.17) is 9.47 Å². The van der Waals surface area contributed by atoms with E-state index in [0.29, 0.717) is 25.0 Å². The zero-order chi connectivity index (χ0) is 16.4. The number of hydrogen-bond acceptors (Lipinski definition) is 6. The van der Waals surface area contributed by atoms with Gasteiger partial charge in [0.1, 0.15) is 18.2 Å². The predicted octanol–water partition coefficient (Wildman–Crippen LogP) is 2.06. The third-order valence-corrected chi connectivity index (χ3v) is 2.97. The largest absolute Gasteiger partial charge is 0.475 e. The van der Waals surface area contributed by atoms with Crippen LogP contribution in [0.2, 0.25) is 0 Å². The molecule has 22 heavy (non-hydrogen) atoms. The lowest BCUT2D eigenvalue weighted by Gasteiger charge is -2.13. The third kappa shape index (κ3) is 8.14. The lowest BCUT2D eigenvalue weighted by molar-refractivity contribution is 0.143. The molecular formula is C16H30N4O2. The highest BCUT2D eigenvalue weighted by atomic mass is 16.5. The van der Waals surface area contributed by atoms with Crippen LogP contribution in [-0.2, 0) is 11.2 Å². The smallest absolute Gasteiger partial charge is 0.218 e. The van der Waals surface area contributed by atoms with Crippen LogP contribution < -0.4 is 10.1 Å². The molecule has 1 aromatic rings. The highest BCUT2D eigenvalue weighted by Gasteiger charge is 2.07. The van der Waals surface area contributed by atoms with Crippen molar-refractivity contribution in [3.8, 4) is 5.88 Å². The summed E-state index contributed by atoms with van der Waals surface area (Å²) in [5, 5.41) is 3.36. The molecule has 1 rings (SSSR count). The number of anilines is 1. The molecule has 0 aromatic carbocycles. The van der Waals surface area contributed by atoms with Gasteiger partial charge in [0.05, 0.1) is 6.61 Å². The van der Waals surface area contributed by atoms with Crippen molar-refractivity contribution in [2.75, 3.05) is 52.8 Å². The van der Waals surface area contributed by atoms with Crippen LogP contribution >= 0.6 is 0 Å². The quantitative estimate of drug-likeness (QED) is 0.631. The van der Waals surface area contributed by atoms with Gasteiger partial charge in [-0.25, -0.2) is 4.98 Å². The summed E-state index contributed by atoms with van der Waals surface area (Å²) in [6.07, 6.45) is 1.91. The van der Waals surface area contributed by atoms with E-state index in [1.807, 2.05) is 6.07 Å². The van der Waals surface area contributed by atoms with Gasteiger partial charge in [0.15, 0.2) is 0 Å². The van der Waals surface area contributed by atoms with Gasteiger partial charge in [-0.05, 0) is 33.0 Å².